The van der Waals surface area contributed by atoms with Crippen molar-refractivity contribution in [3.63, 3.8) is 0 Å². The maximum Gasteiger partial charge on any atom is 0.202 e. The highest BCUT2D eigenvalue weighted by Gasteiger charge is 2.46. The van der Waals surface area contributed by atoms with Gasteiger partial charge in [-0.25, -0.2) is 0 Å². The van der Waals surface area contributed by atoms with Crippen molar-refractivity contribution >= 4 is 14.4 Å². The Morgan fingerprint density at radius 2 is 1.46 bits per heavy atom. The minimum absolute atomic E-state index is 0.319. The quantitative estimate of drug-likeness (QED) is 0.467. The molecule has 144 valence electrons. The fourth-order valence-corrected chi connectivity index (χ4v) is 9.15. The van der Waals surface area contributed by atoms with E-state index in [9.17, 15) is 5.11 Å². The minimum Gasteiger partial charge on any atom is -0.399 e. The molecule has 0 aliphatic rings. The van der Waals surface area contributed by atoms with Crippen LogP contribution in [0.2, 0.25) is 16.6 Å². The van der Waals surface area contributed by atoms with E-state index in [-0.39, 0.29) is 6.10 Å². The van der Waals surface area contributed by atoms with Gasteiger partial charge in [-0.3, -0.25) is 0 Å². The summed E-state index contributed by atoms with van der Waals surface area (Å²) in [5.41, 5.74) is 1.55. The molecule has 1 N–H and O–H groups in total. The number of hydrogen-bond acceptors (Lipinski definition) is 2. The van der Waals surface area contributed by atoms with Crippen molar-refractivity contribution in [2.45, 2.75) is 83.7 Å². The van der Waals surface area contributed by atoms with Crippen LogP contribution in [0.1, 0.15) is 61.0 Å². The van der Waals surface area contributed by atoms with E-state index < -0.39 is 13.9 Å². The summed E-state index contributed by atoms with van der Waals surface area (Å²) in [5.74, 6) is 6.12. The lowest BCUT2D eigenvalue weighted by Crippen LogP contribution is -2.49. The molecule has 0 amide bonds. The van der Waals surface area contributed by atoms with E-state index in [1.165, 1.54) is 0 Å². The van der Waals surface area contributed by atoms with E-state index in [0.717, 1.165) is 5.56 Å². The van der Waals surface area contributed by atoms with Crippen LogP contribution in [0.25, 0.3) is 6.08 Å². The first-order valence-electron chi connectivity index (χ1n) is 9.65. The summed E-state index contributed by atoms with van der Waals surface area (Å²) in [5, 5.41) is 10.0. The average Bonchev–Trinajstić information content (AvgIpc) is 2.53. The van der Waals surface area contributed by atoms with Crippen LogP contribution < -0.4 is 0 Å². The van der Waals surface area contributed by atoms with Crippen LogP contribution in [0.4, 0.5) is 0 Å². The molecule has 1 atom stereocenters. The van der Waals surface area contributed by atoms with E-state index in [4.69, 9.17) is 4.43 Å². The largest absolute Gasteiger partial charge is 0.399 e. The normalized spacial score (nSPS) is 14.2. The lowest BCUT2D eigenvalue weighted by atomic mass is 10.1. The zero-order chi connectivity index (χ0) is 20.0. The van der Waals surface area contributed by atoms with Gasteiger partial charge >= 0.3 is 0 Å². The molecule has 0 spiro atoms. The SMILES string of the molecule is CC(C)[Si](O[C@H](C#CC(C)(C)O)/C=C/c1ccccc1)(C(C)C)C(C)C. The molecule has 2 nitrogen and oxygen atoms in total. The summed E-state index contributed by atoms with van der Waals surface area (Å²) in [6.45, 7) is 17.0. The highest BCUT2D eigenvalue weighted by molar-refractivity contribution is 6.77. The predicted molar refractivity (Wildman–Crippen MR) is 115 cm³/mol. The molecule has 0 aromatic heterocycles. The standard InChI is InChI=1S/C23H36O2Si/c1-18(2)26(19(3)4,20(5)6)25-22(16-17-23(7,8)24)15-14-21-12-10-9-11-13-21/h9-15,18-20,22,24H,1-8H3/b15-14+/t22-/m0/s1. The molecular formula is C23H36O2Si. The highest BCUT2D eigenvalue weighted by Crippen LogP contribution is 2.43. The number of hydrogen-bond donors (Lipinski definition) is 1. The van der Waals surface area contributed by atoms with Crippen molar-refractivity contribution in [2.75, 3.05) is 0 Å². The van der Waals surface area contributed by atoms with Gasteiger partial charge in [-0.15, -0.1) is 0 Å². The Morgan fingerprint density at radius 1 is 0.962 bits per heavy atom. The summed E-state index contributed by atoms with van der Waals surface area (Å²) >= 11 is 0. The topological polar surface area (TPSA) is 29.5 Å². The van der Waals surface area contributed by atoms with E-state index in [0.29, 0.717) is 16.6 Å². The van der Waals surface area contributed by atoms with E-state index in [1.807, 2.05) is 24.3 Å². The molecular weight excluding hydrogens is 336 g/mol. The van der Waals surface area contributed by atoms with Gasteiger partial charge < -0.3 is 9.53 Å². The summed E-state index contributed by atoms with van der Waals surface area (Å²) in [4.78, 5) is 0. The summed E-state index contributed by atoms with van der Waals surface area (Å²) < 4.78 is 6.81. The molecule has 0 bridgehead atoms. The average molecular weight is 373 g/mol. The lowest BCUT2D eigenvalue weighted by Gasteiger charge is -2.43. The summed E-state index contributed by atoms with van der Waals surface area (Å²) in [7, 11) is -2.06. The molecule has 0 saturated heterocycles. The summed E-state index contributed by atoms with van der Waals surface area (Å²) in [6.07, 6.45) is 3.77. The Morgan fingerprint density at radius 3 is 1.88 bits per heavy atom. The molecule has 3 heteroatoms. The fourth-order valence-electron chi connectivity index (χ4n) is 3.76. The van der Waals surface area contributed by atoms with Crippen LogP contribution in [0.5, 0.6) is 0 Å². The Kier molecular flexibility index (Phi) is 8.34. The van der Waals surface area contributed by atoms with Gasteiger partial charge in [0.15, 0.2) is 0 Å². The van der Waals surface area contributed by atoms with E-state index in [2.05, 4.69) is 71.6 Å². The van der Waals surface area contributed by atoms with Gasteiger partial charge in [-0.05, 0) is 42.1 Å². The Labute approximate surface area is 161 Å². The van der Waals surface area contributed by atoms with Gasteiger partial charge in [-0.2, -0.15) is 0 Å². The molecule has 0 aliphatic heterocycles. The molecule has 26 heavy (non-hydrogen) atoms. The molecule has 1 aromatic rings. The van der Waals surface area contributed by atoms with Crippen molar-refractivity contribution in [2.24, 2.45) is 0 Å². The van der Waals surface area contributed by atoms with Crippen LogP contribution in [0, 0.1) is 11.8 Å². The first-order chi connectivity index (χ1) is 12.0. The Balaban J connectivity index is 3.25. The second kappa shape index (κ2) is 9.55. The van der Waals surface area contributed by atoms with E-state index >= 15 is 0 Å². The molecule has 0 radical (unpaired) electrons. The number of rotatable bonds is 7. The molecule has 0 unspecified atom stereocenters. The third-order valence-electron chi connectivity index (χ3n) is 4.82. The molecule has 0 fully saturated rings. The van der Waals surface area contributed by atoms with Crippen molar-refractivity contribution in [3.05, 3.63) is 42.0 Å². The zero-order valence-corrected chi connectivity index (χ0v) is 18.7. The molecule has 0 saturated carbocycles. The summed E-state index contributed by atoms with van der Waals surface area (Å²) in [6, 6.07) is 10.2. The smallest absolute Gasteiger partial charge is 0.202 e. The highest BCUT2D eigenvalue weighted by atomic mass is 28.4. The van der Waals surface area contributed by atoms with E-state index in [1.54, 1.807) is 13.8 Å². The van der Waals surface area contributed by atoms with Crippen LogP contribution in [0.15, 0.2) is 36.4 Å². The van der Waals surface area contributed by atoms with Gasteiger partial charge in [0, 0.05) is 0 Å². The van der Waals surface area contributed by atoms with Crippen LogP contribution in [0.3, 0.4) is 0 Å². The fraction of sp³-hybridized carbons (Fsp3) is 0.565. The maximum atomic E-state index is 10.0. The third-order valence-corrected chi connectivity index (χ3v) is 10.9. The van der Waals surface area contributed by atoms with Gasteiger partial charge in [0.05, 0.1) is 0 Å². The lowest BCUT2D eigenvalue weighted by molar-refractivity contribution is 0.143. The van der Waals surface area contributed by atoms with Crippen molar-refractivity contribution in [1.29, 1.82) is 0 Å². The minimum atomic E-state index is -2.06. The van der Waals surface area contributed by atoms with Gasteiger partial charge in [-0.1, -0.05) is 89.8 Å². The third kappa shape index (κ3) is 6.43. The van der Waals surface area contributed by atoms with Crippen LogP contribution in [-0.4, -0.2) is 25.1 Å². The van der Waals surface area contributed by atoms with Crippen molar-refractivity contribution < 1.29 is 9.53 Å². The van der Waals surface area contributed by atoms with Gasteiger partial charge in [0.25, 0.3) is 0 Å². The molecule has 0 heterocycles. The molecule has 1 aromatic carbocycles. The van der Waals surface area contributed by atoms with Gasteiger partial charge in [0.2, 0.25) is 8.32 Å². The predicted octanol–water partition coefficient (Wildman–Crippen LogP) is 6.03. The monoisotopic (exact) mass is 372 g/mol. The first kappa shape index (κ1) is 22.7. The second-order valence-corrected chi connectivity index (χ2v) is 13.9. The molecule has 1 rings (SSSR count). The maximum absolute atomic E-state index is 10.0. The Hall–Kier alpha value is -1.34. The first-order valence-corrected chi connectivity index (χ1v) is 11.8. The van der Waals surface area contributed by atoms with Gasteiger partial charge in [0.1, 0.15) is 11.7 Å². The van der Waals surface area contributed by atoms with Crippen molar-refractivity contribution in [1.82, 2.24) is 0 Å². The number of benzene rings is 1. The Bertz CT molecular complexity index is 606. The number of aliphatic hydroxyl groups is 1. The van der Waals surface area contributed by atoms with Crippen LogP contribution >= 0.6 is 0 Å². The van der Waals surface area contributed by atoms with Crippen LogP contribution in [-0.2, 0) is 4.43 Å². The zero-order valence-electron chi connectivity index (χ0n) is 17.7. The van der Waals surface area contributed by atoms with Crippen molar-refractivity contribution in [3.8, 4) is 11.8 Å². The molecule has 0 aliphatic carbocycles. The second-order valence-electron chi connectivity index (χ2n) is 8.45.